The van der Waals surface area contributed by atoms with Crippen LogP contribution in [-0.4, -0.2) is 21.5 Å². The first-order valence-corrected chi connectivity index (χ1v) is 9.93. The summed E-state index contributed by atoms with van der Waals surface area (Å²) in [7, 11) is 0. The van der Waals surface area contributed by atoms with Crippen molar-refractivity contribution in [3.63, 3.8) is 0 Å². The Bertz CT molecular complexity index is 1130. The molecule has 1 heterocycles. The van der Waals surface area contributed by atoms with E-state index in [1.165, 1.54) is 16.3 Å². The van der Waals surface area contributed by atoms with Gasteiger partial charge in [0.25, 0.3) is 0 Å². The standard InChI is InChI=1S/C23H22N4OS/c1-2-28-21-13-6-5-12-20(21)24-23(29)25-22-14-15-27(26-22)16-18-10-7-9-17-8-3-4-11-19(17)18/h3-15H,2,16H2,1H3,(H2,24,25,26,29). The molecule has 2 N–H and O–H groups in total. The van der Waals surface area contributed by atoms with Crippen molar-refractivity contribution < 1.29 is 4.74 Å². The number of anilines is 2. The molecule has 0 fully saturated rings. The maximum Gasteiger partial charge on any atom is 0.176 e. The topological polar surface area (TPSA) is 51.1 Å². The molecule has 146 valence electrons. The molecule has 4 rings (SSSR count). The highest BCUT2D eigenvalue weighted by molar-refractivity contribution is 7.80. The number of aromatic nitrogens is 2. The summed E-state index contributed by atoms with van der Waals surface area (Å²) < 4.78 is 7.53. The average Bonchev–Trinajstić information content (AvgIpc) is 3.16. The van der Waals surface area contributed by atoms with Crippen LogP contribution in [0.1, 0.15) is 12.5 Å². The molecule has 0 saturated heterocycles. The van der Waals surface area contributed by atoms with Crippen LogP contribution in [0, 0.1) is 0 Å². The lowest BCUT2D eigenvalue weighted by molar-refractivity contribution is 0.342. The Hall–Kier alpha value is -3.38. The normalized spacial score (nSPS) is 10.7. The predicted molar refractivity (Wildman–Crippen MR) is 123 cm³/mol. The zero-order valence-electron chi connectivity index (χ0n) is 16.1. The zero-order chi connectivity index (χ0) is 20.1. The number of nitrogens with zero attached hydrogens (tertiary/aromatic N) is 2. The van der Waals surface area contributed by atoms with Crippen LogP contribution >= 0.6 is 12.2 Å². The van der Waals surface area contributed by atoms with Crippen molar-refractivity contribution in [2.24, 2.45) is 0 Å². The van der Waals surface area contributed by atoms with E-state index in [2.05, 4.69) is 58.2 Å². The Morgan fingerprint density at radius 2 is 1.76 bits per heavy atom. The Morgan fingerprint density at radius 1 is 0.966 bits per heavy atom. The highest BCUT2D eigenvalue weighted by atomic mass is 32.1. The summed E-state index contributed by atoms with van der Waals surface area (Å²) in [6.07, 6.45) is 1.95. The Balaban J connectivity index is 1.44. The fourth-order valence-corrected chi connectivity index (χ4v) is 3.46. The molecule has 29 heavy (non-hydrogen) atoms. The molecule has 0 aliphatic rings. The van der Waals surface area contributed by atoms with Gasteiger partial charge in [-0.3, -0.25) is 4.68 Å². The Kier molecular flexibility index (Phi) is 5.72. The summed E-state index contributed by atoms with van der Waals surface area (Å²) in [4.78, 5) is 0. The first-order valence-electron chi connectivity index (χ1n) is 9.53. The van der Waals surface area contributed by atoms with Crippen LogP contribution in [-0.2, 0) is 6.54 Å². The molecule has 3 aromatic carbocycles. The van der Waals surface area contributed by atoms with Crippen molar-refractivity contribution in [1.82, 2.24) is 9.78 Å². The van der Waals surface area contributed by atoms with Gasteiger partial charge in [-0.2, -0.15) is 5.10 Å². The second-order valence-electron chi connectivity index (χ2n) is 6.55. The summed E-state index contributed by atoms with van der Waals surface area (Å²) in [5.74, 6) is 1.46. The van der Waals surface area contributed by atoms with Gasteiger partial charge in [0.2, 0.25) is 0 Å². The Morgan fingerprint density at radius 3 is 2.66 bits per heavy atom. The predicted octanol–water partition coefficient (Wildman–Crippen LogP) is 5.29. The molecule has 0 amide bonds. The third kappa shape index (κ3) is 4.55. The molecule has 6 heteroatoms. The van der Waals surface area contributed by atoms with E-state index in [4.69, 9.17) is 17.0 Å². The number of para-hydroxylation sites is 2. The second kappa shape index (κ2) is 8.75. The number of benzene rings is 3. The third-order valence-electron chi connectivity index (χ3n) is 4.53. The number of fused-ring (bicyclic) bond motifs is 1. The monoisotopic (exact) mass is 402 g/mol. The molecular weight excluding hydrogens is 380 g/mol. The number of hydrogen-bond donors (Lipinski definition) is 2. The van der Waals surface area contributed by atoms with Crippen molar-refractivity contribution in [2.75, 3.05) is 17.2 Å². The quantitative estimate of drug-likeness (QED) is 0.429. The summed E-state index contributed by atoms with van der Waals surface area (Å²) >= 11 is 5.44. The molecule has 5 nitrogen and oxygen atoms in total. The molecular formula is C23H22N4OS. The van der Waals surface area contributed by atoms with Gasteiger partial charge in [-0.05, 0) is 47.6 Å². The maximum absolute atomic E-state index is 5.62. The SMILES string of the molecule is CCOc1ccccc1NC(=S)Nc1ccn(Cc2cccc3ccccc23)n1. The van der Waals surface area contributed by atoms with Crippen LogP contribution in [0.5, 0.6) is 5.75 Å². The molecule has 0 atom stereocenters. The van der Waals surface area contributed by atoms with E-state index in [0.29, 0.717) is 24.1 Å². The lowest BCUT2D eigenvalue weighted by Gasteiger charge is -2.13. The van der Waals surface area contributed by atoms with E-state index in [0.717, 1.165) is 11.4 Å². The van der Waals surface area contributed by atoms with E-state index >= 15 is 0 Å². The van der Waals surface area contributed by atoms with Gasteiger partial charge in [0, 0.05) is 12.3 Å². The summed E-state index contributed by atoms with van der Waals surface area (Å²) in [6, 6.07) is 24.3. The Labute approximate surface area is 175 Å². The van der Waals surface area contributed by atoms with Gasteiger partial charge in [-0.15, -0.1) is 0 Å². The molecule has 4 aromatic rings. The highest BCUT2D eigenvalue weighted by Crippen LogP contribution is 2.24. The van der Waals surface area contributed by atoms with E-state index in [1.807, 2.05) is 48.1 Å². The van der Waals surface area contributed by atoms with Gasteiger partial charge in [-0.1, -0.05) is 54.6 Å². The number of hydrogen-bond acceptors (Lipinski definition) is 3. The van der Waals surface area contributed by atoms with Crippen molar-refractivity contribution in [1.29, 1.82) is 0 Å². The van der Waals surface area contributed by atoms with Gasteiger partial charge in [0.05, 0.1) is 18.8 Å². The lowest BCUT2D eigenvalue weighted by Crippen LogP contribution is -2.20. The van der Waals surface area contributed by atoms with Crippen LogP contribution in [0.3, 0.4) is 0 Å². The van der Waals surface area contributed by atoms with Crippen molar-refractivity contribution in [3.05, 3.63) is 84.6 Å². The van der Waals surface area contributed by atoms with Crippen LogP contribution in [0.2, 0.25) is 0 Å². The fourth-order valence-electron chi connectivity index (χ4n) is 3.24. The van der Waals surface area contributed by atoms with E-state index < -0.39 is 0 Å². The van der Waals surface area contributed by atoms with Gasteiger partial charge in [0.15, 0.2) is 10.9 Å². The maximum atomic E-state index is 5.62. The van der Waals surface area contributed by atoms with Crippen molar-refractivity contribution in [3.8, 4) is 5.75 Å². The molecule has 0 aliphatic heterocycles. The minimum atomic E-state index is 0.465. The molecule has 0 unspecified atom stereocenters. The van der Waals surface area contributed by atoms with Crippen molar-refractivity contribution >= 4 is 39.6 Å². The minimum Gasteiger partial charge on any atom is -0.492 e. The molecule has 0 aliphatic carbocycles. The largest absolute Gasteiger partial charge is 0.492 e. The average molecular weight is 403 g/mol. The van der Waals surface area contributed by atoms with Crippen LogP contribution in [0.4, 0.5) is 11.5 Å². The summed E-state index contributed by atoms with van der Waals surface area (Å²) in [6.45, 7) is 3.24. The van der Waals surface area contributed by atoms with E-state index in [9.17, 15) is 0 Å². The van der Waals surface area contributed by atoms with Crippen molar-refractivity contribution in [2.45, 2.75) is 13.5 Å². The van der Waals surface area contributed by atoms with Crippen LogP contribution in [0.15, 0.2) is 79.0 Å². The minimum absolute atomic E-state index is 0.465. The molecule has 1 aromatic heterocycles. The molecule has 0 radical (unpaired) electrons. The van der Waals surface area contributed by atoms with Gasteiger partial charge >= 0.3 is 0 Å². The molecule has 0 saturated carbocycles. The van der Waals surface area contributed by atoms with E-state index in [-0.39, 0.29) is 0 Å². The van der Waals surface area contributed by atoms with Gasteiger partial charge in [-0.25, -0.2) is 0 Å². The zero-order valence-corrected chi connectivity index (χ0v) is 16.9. The number of thiocarbonyl (C=S) groups is 1. The first kappa shape index (κ1) is 19.0. The fraction of sp³-hybridized carbons (Fsp3) is 0.130. The lowest BCUT2D eigenvalue weighted by atomic mass is 10.0. The summed E-state index contributed by atoms with van der Waals surface area (Å²) in [5.41, 5.74) is 2.05. The summed E-state index contributed by atoms with van der Waals surface area (Å²) in [5, 5.41) is 13.8. The first-order chi connectivity index (χ1) is 14.2. The molecule has 0 spiro atoms. The highest BCUT2D eigenvalue weighted by Gasteiger charge is 2.07. The number of nitrogens with one attached hydrogen (secondary N) is 2. The number of rotatable bonds is 6. The smallest absolute Gasteiger partial charge is 0.176 e. The third-order valence-corrected chi connectivity index (χ3v) is 4.73. The van der Waals surface area contributed by atoms with Crippen LogP contribution in [0.25, 0.3) is 10.8 Å². The second-order valence-corrected chi connectivity index (χ2v) is 6.95. The molecule has 0 bridgehead atoms. The van der Waals surface area contributed by atoms with E-state index in [1.54, 1.807) is 0 Å². The van der Waals surface area contributed by atoms with Gasteiger partial charge < -0.3 is 15.4 Å². The van der Waals surface area contributed by atoms with Crippen LogP contribution < -0.4 is 15.4 Å². The number of ether oxygens (including phenoxy) is 1. The van der Waals surface area contributed by atoms with Gasteiger partial charge in [0.1, 0.15) is 5.75 Å².